The Morgan fingerprint density at radius 2 is 2.03 bits per heavy atom. The average molecular weight is 477 g/mol. The number of carbonyl (C=O) groups excluding carboxylic acids is 1. The zero-order valence-corrected chi connectivity index (χ0v) is 20.3. The normalized spacial score (nSPS) is 51.1. The zero-order valence-electron chi connectivity index (χ0n) is 20.3. The lowest BCUT2D eigenvalue weighted by atomic mass is 9.45. The van der Waals surface area contributed by atoms with Gasteiger partial charge in [-0.3, -0.25) is 4.79 Å². The lowest BCUT2D eigenvalue weighted by molar-refractivity contribution is -0.264. The molecule has 2 heterocycles. The van der Waals surface area contributed by atoms with Crippen LogP contribution in [0.25, 0.3) is 0 Å². The van der Waals surface area contributed by atoms with Crippen LogP contribution in [0.3, 0.4) is 0 Å². The highest BCUT2D eigenvalue weighted by Gasteiger charge is 2.77. The molecule has 8 heteroatoms. The minimum absolute atomic E-state index is 0.0694. The van der Waals surface area contributed by atoms with Crippen LogP contribution < -0.4 is 0 Å². The Morgan fingerprint density at radius 1 is 1.21 bits per heavy atom. The molecular formula is C26H36O8. The summed E-state index contributed by atoms with van der Waals surface area (Å²) in [6, 6.07) is 0. The largest absolute Gasteiger partial charge is 0.515 e. The number of carbonyl (C=O) groups is 1. The Labute approximate surface area is 200 Å². The molecule has 0 radical (unpaired) electrons. The summed E-state index contributed by atoms with van der Waals surface area (Å²) in [5.74, 6) is 0.0557. The van der Waals surface area contributed by atoms with Crippen LogP contribution in [0.15, 0.2) is 23.5 Å². The molecule has 0 bridgehead atoms. The molecule has 0 amide bonds. The van der Waals surface area contributed by atoms with Crippen LogP contribution in [-0.2, 0) is 33.2 Å². The van der Waals surface area contributed by atoms with Crippen LogP contribution in [-0.4, -0.2) is 62.5 Å². The van der Waals surface area contributed by atoms with Gasteiger partial charge in [-0.2, -0.15) is 0 Å². The molecular weight excluding hydrogens is 440 g/mol. The summed E-state index contributed by atoms with van der Waals surface area (Å²) in [6.45, 7) is 5.61. The van der Waals surface area contributed by atoms with Crippen molar-refractivity contribution in [3.63, 3.8) is 0 Å². The van der Waals surface area contributed by atoms with E-state index in [1.54, 1.807) is 13.2 Å². The Morgan fingerprint density at radius 3 is 2.76 bits per heavy atom. The number of hydrogen-bond acceptors (Lipinski definition) is 8. The van der Waals surface area contributed by atoms with Crippen LogP contribution in [0, 0.1) is 28.6 Å². The fourth-order valence-corrected chi connectivity index (χ4v) is 9.04. The summed E-state index contributed by atoms with van der Waals surface area (Å²) >= 11 is 0. The predicted molar refractivity (Wildman–Crippen MR) is 119 cm³/mol. The molecule has 5 fully saturated rings. The maximum absolute atomic E-state index is 12.6. The van der Waals surface area contributed by atoms with Gasteiger partial charge in [0.15, 0.2) is 19.4 Å². The predicted octanol–water partition coefficient (Wildman–Crippen LogP) is 3.61. The van der Waals surface area contributed by atoms with Gasteiger partial charge in [0.2, 0.25) is 5.79 Å². The SMILES string of the molecule is COCOC1C[C@@]2(C)C(CCC23OCOC32COCO2)C2CCC3=CC(=O)/C(=C\O)C[C@]3(C)C12. The van der Waals surface area contributed by atoms with Gasteiger partial charge in [-0.25, -0.2) is 0 Å². The molecule has 2 saturated heterocycles. The number of methoxy groups -OCH3 is 1. The van der Waals surface area contributed by atoms with Crippen LogP contribution in [0.4, 0.5) is 0 Å². The van der Waals surface area contributed by atoms with Gasteiger partial charge < -0.3 is 33.5 Å². The van der Waals surface area contributed by atoms with E-state index in [9.17, 15) is 9.90 Å². The van der Waals surface area contributed by atoms with Crippen LogP contribution in [0.1, 0.15) is 52.4 Å². The Bertz CT molecular complexity index is 916. The summed E-state index contributed by atoms with van der Waals surface area (Å²) in [5, 5.41) is 9.80. The number of aliphatic hydroxyl groups excluding tert-OH is 1. The van der Waals surface area contributed by atoms with Crippen LogP contribution in [0.5, 0.6) is 0 Å². The van der Waals surface area contributed by atoms with Crippen molar-refractivity contribution in [2.75, 3.05) is 34.1 Å². The van der Waals surface area contributed by atoms with Crippen molar-refractivity contribution in [1.29, 1.82) is 0 Å². The smallest absolute Gasteiger partial charge is 0.226 e. The fraction of sp³-hybridized carbons (Fsp3) is 0.808. The standard InChI is InChI=1S/C26H36O8/c1-23-9-16(11-27)20(28)8-17(23)4-5-18-19-6-7-25(26(34-15-32-25)12-30-14-33-26)24(19,2)10-21(22(18)23)31-13-29-3/h8,11,18-19,21-22,27H,4-7,9-10,12-15H2,1-3H3/b16-11-/t18?,19?,21?,22?,23-,24-,25?,26?/m0/s1. The van der Waals surface area contributed by atoms with Gasteiger partial charge in [0.25, 0.3) is 0 Å². The molecule has 6 rings (SSSR count). The topological polar surface area (TPSA) is 92.7 Å². The van der Waals surface area contributed by atoms with Crippen molar-refractivity contribution < 1.29 is 38.3 Å². The van der Waals surface area contributed by atoms with E-state index in [-0.39, 0.29) is 49.0 Å². The Hall–Kier alpha value is -1.29. The van der Waals surface area contributed by atoms with Crippen molar-refractivity contribution in [1.82, 2.24) is 0 Å². The van der Waals surface area contributed by atoms with Crippen LogP contribution >= 0.6 is 0 Å². The lowest BCUT2D eigenvalue weighted by Crippen LogP contribution is -2.66. The third kappa shape index (κ3) is 2.78. The maximum atomic E-state index is 12.6. The van der Waals surface area contributed by atoms with Gasteiger partial charge in [0, 0.05) is 18.1 Å². The fourth-order valence-electron chi connectivity index (χ4n) is 9.04. The van der Waals surface area contributed by atoms with Gasteiger partial charge >= 0.3 is 0 Å². The van der Waals surface area contributed by atoms with Crippen LogP contribution in [0.2, 0.25) is 0 Å². The van der Waals surface area contributed by atoms with Crippen molar-refractivity contribution >= 4 is 5.78 Å². The molecule has 0 aromatic carbocycles. The molecule has 4 aliphatic carbocycles. The van der Waals surface area contributed by atoms with E-state index in [4.69, 9.17) is 28.4 Å². The number of rotatable bonds is 3. The number of hydrogen-bond donors (Lipinski definition) is 1. The number of ketones is 1. The third-order valence-electron chi connectivity index (χ3n) is 10.4. The van der Waals surface area contributed by atoms with E-state index in [1.165, 1.54) is 5.57 Å². The highest BCUT2D eigenvalue weighted by molar-refractivity contribution is 6.05. The van der Waals surface area contributed by atoms with Gasteiger partial charge in [0.05, 0.1) is 12.4 Å². The molecule has 34 heavy (non-hydrogen) atoms. The van der Waals surface area contributed by atoms with Crippen molar-refractivity contribution in [3.05, 3.63) is 23.5 Å². The molecule has 1 N–H and O–H groups in total. The number of fused-ring (bicyclic) bond motifs is 7. The molecule has 6 unspecified atom stereocenters. The quantitative estimate of drug-likeness (QED) is 0.375. The van der Waals surface area contributed by atoms with Gasteiger partial charge in [0.1, 0.15) is 19.0 Å². The molecule has 0 aromatic heterocycles. The van der Waals surface area contributed by atoms with E-state index in [1.807, 2.05) is 0 Å². The first kappa shape index (κ1) is 23.1. The minimum Gasteiger partial charge on any atom is -0.515 e. The Kier molecular flexibility index (Phi) is 5.34. The monoisotopic (exact) mass is 476 g/mol. The highest BCUT2D eigenvalue weighted by Crippen LogP contribution is 2.72. The second-order valence-corrected chi connectivity index (χ2v) is 11.5. The van der Waals surface area contributed by atoms with E-state index in [0.29, 0.717) is 30.4 Å². The van der Waals surface area contributed by atoms with Crippen molar-refractivity contribution in [2.24, 2.45) is 28.6 Å². The molecule has 2 aliphatic heterocycles. The molecule has 8 nitrogen and oxygen atoms in total. The third-order valence-corrected chi connectivity index (χ3v) is 10.4. The minimum atomic E-state index is -0.872. The first-order valence-corrected chi connectivity index (χ1v) is 12.5. The molecule has 6 aliphatic rings. The molecule has 3 saturated carbocycles. The Balaban J connectivity index is 1.43. The zero-order chi connectivity index (χ0) is 23.8. The highest BCUT2D eigenvalue weighted by atomic mass is 16.9. The summed E-state index contributed by atoms with van der Waals surface area (Å²) in [6.07, 6.45) is 7.78. The number of aliphatic hydroxyl groups is 1. The summed E-state index contributed by atoms with van der Waals surface area (Å²) in [7, 11) is 1.65. The number of allylic oxidation sites excluding steroid dienone is 2. The molecule has 2 spiro atoms. The molecule has 8 atom stereocenters. The van der Waals surface area contributed by atoms with Gasteiger partial charge in [-0.15, -0.1) is 0 Å². The number of ether oxygens (including phenoxy) is 6. The first-order chi connectivity index (χ1) is 16.3. The maximum Gasteiger partial charge on any atom is 0.226 e. The molecule has 188 valence electrons. The summed E-state index contributed by atoms with van der Waals surface area (Å²) in [4.78, 5) is 12.6. The van der Waals surface area contributed by atoms with E-state index in [2.05, 4.69) is 13.8 Å². The van der Waals surface area contributed by atoms with E-state index in [0.717, 1.165) is 38.4 Å². The molecule has 0 aromatic rings. The first-order valence-electron chi connectivity index (χ1n) is 12.5. The van der Waals surface area contributed by atoms with Crippen molar-refractivity contribution in [3.8, 4) is 0 Å². The average Bonchev–Trinajstić information content (AvgIpc) is 3.52. The second kappa shape index (κ2) is 7.85. The van der Waals surface area contributed by atoms with Gasteiger partial charge in [-0.1, -0.05) is 19.4 Å². The van der Waals surface area contributed by atoms with E-state index < -0.39 is 11.4 Å². The van der Waals surface area contributed by atoms with E-state index >= 15 is 0 Å². The van der Waals surface area contributed by atoms with Crippen molar-refractivity contribution in [2.45, 2.75) is 69.9 Å². The van der Waals surface area contributed by atoms with Gasteiger partial charge in [-0.05, 0) is 67.8 Å². The lowest BCUT2D eigenvalue weighted by Gasteiger charge is -2.62. The summed E-state index contributed by atoms with van der Waals surface area (Å²) < 4.78 is 36.3. The summed E-state index contributed by atoms with van der Waals surface area (Å²) in [5.41, 5.74) is 0.608. The second-order valence-electron chi connectivity index (χ2n) is 11.5.